The number of rotatable bonds is 4. The first kappa shape index (κ1) is 14.9. The predicted molar refractivity (Wildman–Crippen MR) is 83.2 cm³/mol. The third-order valence-corrected chi connectivity index (χ3v) is 3.51. The van der Waals surface area contributed by atoms with Gasteiger partial charge in [-0.25, -0.2) is 9.37 Å². The van der Waals surface area contributed by atoms with Crippen LogP contribution in [0.2, 0.25) is 0 Å². The Morgan fingerprint density at radius 1 is 1.13 bits per heavy atom. The van der Waals surface area contributed by atoms with Gasteiger partial charge in [0.15, 0.2) is 0 Å². The monoisotopic (exact) mass is 310 g/mol. The van der Waals surface area contributed by atoms with Crippen molar-refractivity contribution < 1.29 is 9.18 Å². The maximum absolute atomic E-state index is 14.2. The fraction of sp³-hybridized carbons (Fsp3) is 0.118. The van der Waals surface area contributed by atoms with Gasteiger partial charge in [0.1, 0.15) is 23.4 Å². The number of carbonyl (C=O) groups excluding carboxylic acids is 1. The van der Waals surface area contributed by atoms with Crippen LogP contribution in [0.4, 0.5) is 4.39 Å². The molecule has 0 bridgehead atoms. The lowest BCUT2D eigenvalue weighted by Gasteiger charge is -2.19. The molecule has 1 N–H and O–H groups in total. The number of aromatic nitrogens is 3. The van der Waals surface area contributed by atoms with Crippen LogP contribution in [0.3, 0.4) is 0 Å². The van der Waals surface area contributed by atoms with Gasteiger partial charge in [0.05, 0.1) is 0 Å². The third kappa shape index (κ3) is 3.11. The summed E-state index contributed by atoms with van der Waals surface area (Å²) in [7, 11) is 1.79. The zero-order valence-corrected chi connectivity index (χ0v) is 12.5. The number of benzene rings is 1. The molecular formula is C17H15FN4O. The standard InChI is InChI=1S/C17H15FN4O/c1-22-11-10-20-16(22)15(12-6-2-3-7-13(12)18)21-17(23)14-8-4-5-9-19-14/h2-11,15H,1H3,(H,21,23). The van der Waals surface area contributed by atoms with E-state index in [-0.39, 0.29) is 11.6 Å². The molecule has 0 radical (unpaired) electrons. The van der Waals surface area contributed by atoms with Gasteiger partial charge in [-0.05, 0) is 18.2 Å². The minimum atomic E-state index is -0.703. The normalized spacial score (nSPS) is 11.9. The number of imidazole rings is 1. The maximum Gasteiger partial charge on any atom is 0.270 e. The highest BCUT2D eigenvalue weighted by atomic mass is 19.1. The summed E-state index contributed by atoms with van der Waals surface area (Å²) in [6, 6.07) is 10.7. The molecule has 116 valence electrons. The first-order chi connectivity index (χ1) is 11.2. The number of nitrogens with zero attached hydrogens (tertiary/aromatic N) is 3. The lowest BCUT2D eigenvalue weighted by Crippen LogP contribution is -2.32. The van der Waals surface area contributed by atoms with E-state index in [1.165, 1.54) is 12.3 Å². The number of amides is 1. The van der Waals surface area contributed by atoms with E-state index in [4.69, 9.17) is 0 Å². The van der Waals surface area contributed by atoms with Gasteiger partial charge in [0.25, 0.3) is 5.91 Å². The molecule has 1 aromatic carbocycles. The minimum absolute atomic E-state index is 0.267. The van der Waals surface area contributed by atoms with Gasteiger partial charge in [0.2, 0.25) is 0 Å². The highest BCUT2D eigenvalue weighted by Gasteiger charge is 2.24. The van der Waals surface area contributed by atoms with Crippen LogP contribution in [0.25, 0.3) is 0 Å². The van der Waals surface area contributed by atoms with E-state index < -0.39 is 11.9 Å². The fourth-order valence-electron chi connectivity index (χ4n) is 2.35. The van der Waals surface area contributed by atoms with Crippen LogP contribution in [0, 0.1) is 5.82 Å². The minimum Gasteiger partial charge on any atom is -0.337 e. The Balaban J connectivity index is 1.98. The number of pyridine rings is 1. The third-order valence-electron chi connectivity index (χ3n) is 3.51. The van der Waals surface area contributed by atoms with Crippen LogP contribution < -0.4 is 5.32 Å². The molecule has 0 aliphatic carbocycles. The number of hydrogen-bond acceptors (Lipinski definition) is 3. The molecule has 23 heavy (non-hydrogen) atoms. The maximum atomic E-state index is 14.2. The molecule has 1 unspecified atom stereocenters. The van der Waals surface area contributed by atoms with E-state index in [9.17, 15) is 9.18 Å². The van der Waals surface area contributed by atoms with Gasteiger partial charge < -0.3 is 9.88 Å². The molecule has 3 rings (SSSR count). The Hall–Kier alpha value is -3.02. The van der Waals surface area contributed by atoms with Gasteiger partial charge in [-0.2, -0.15) is 0 Å². The van der Waals surface area contributed by atoms with E-state index in [1.54, 1.807) is 60.4 Å². The van der Waals surface area contributed by atoms with E-state index in [1.807, 2.05) is 0 Å². The largest absolute Gasteiger partial charge is 0.337 e. The Morgan fingerprint density at radius 2 is 1.91 bits per heavy atom. The zero-order valence-electron chi connectivity index (χ0n) is 12.5. The SMILES string of the molecule is Cn1ccnc1C(NC(=O)c1ccccn1)c1ccccc1F. The Kier molecular flexibility index (Phi) is 4.14. The summed E-state index contributed by atoms with van der Waals surface area (Å²) in [4.78, 5) is 20.7. The van der Waals surface area contributed by atoms with Crippen LogP contribution in [-0.2, 0) is 7.05 Å². The molecule has 2 aromatic heterocycles. The average Bonchev–Trinajstić information content (AvgIpc) is 3.00. The summed E-state index contributed by atoms with van der Waals surface area (Å²) >= 11 is 0. The van der Waals surface area contributed by atoms with Crippen molar-refractivity contribution in [3.8, 4) is 0 Å². The molecule has 0 aliphatic rings. The van der Waals surface area contributed by atoms with Crippen LogP contribution in [0.1, 0.15) is 27.9 Å². The number of carbonyl (C=O) groups is 1. The van der Waals surface area contributed by atoms with Crippen molar-refractivity contribution in [2.45, 2.75) is 6.04 Å². The van der Waals surface area contributed by atoms with Crippen molar-refractivity contribution in [3.05, 3.63) is 84.0 Å². The van der Waals surface area contributed by atoms with Crippen LogP contribution in [-0.4, -0.2) is 20.4 Å². The Morgan fingerprint density at radius 3 is 2.57 bits per heavy atom. The van der Waals surface area contributed by atoms with Crippen molar-refractivity contribution in [1.29, 1.82) is 0 Å². The van der Waals surface area contributed by atoms with Crippen molar-refractivity contribution in [2.24, 2.45) is 7.05 Å². The number of aryl methyl sites for hydroxylation is 1. The molecule has 1 amide bonds. The van der Waals surface area contributed by atoms with E-state index in [0.717, 1.165) is 0 Å². The molecule has 0 aliphatic heterocycles. The summed E-state index contributed by atoms with van der Waals surface area (Å²) < 4.78 is 16.0. The Bertz CT molecular complexity index is 816. The first-order valence-electron chi connectivity index (χ1n) is 7.10. The van der Waals surface area contributed by atoms with Crippen LogP contribution in [0.5, 0.6) is 0 Å². The lowest BCUT2D eigenvalue weighted by atomic mass is 10.1. The molecule has 0 fully saturated rings. The molecule has 0 saturated carbocycles. The van der Waals surface area contributed by atoms with E-state index in [2.05, 4.69) is 15.3 Å². The van der Waals surface area contributed by atoms with Gasteiger partial charge >= 0.3 is 0 Å². The van der Waals surface area contributed by atoms with Crippen molar-refractivity contribution in [2.75, 3.05) is 0 Å². The summed E-state index contributed by atoms with van der Waals surface area (Å²) in [5.41, 5.74) is 0.620. The molecule has 2 heterocycles. The molecule has 0 spiro atoms. The van der Waals surface area contributed by atoms with Crippen LogP contribution >= 0.6 is 0 Å². The van der Waals surface area contributed by atoms with E-state index in [0.29, 0.717) is 11.4 Å². The highest BCUT2D eigenvalue weighted by Crippen LogP contribution is 2.23. The smallest absolute Gasteiger partial charge is 0.270 e. The molecule has 0 saturated heterocycles. The summed E-state index contributed by atoms with van der Waals surface area (Å²) in [6.07, 6.45) is 4.89. The van der Waals surface area contributed by atoms with Crippen molar-refractivity contribution in [3.63, 3.8) is 0 Å². The lowest BCUT2D eigenvalue weighted by molar-refractivity contribution is 0.0935. The van der Waals surface area contributed by atoms with Gasteiger partial charge in [0, 0.05) is 31.2 Å². The second-order valence-corrected chi connectivity index (χ2v) is 5.04. The average molecular weight is 310 g/mol. The number of nitrogens with one attached hydrogen (secondary N) is 1. The van der Waals surface area contributed by atoms with E-state index >= 15 is 0 Å². The summed E-state index contributed by atoms with van der Waals surface area (Å²) in [5, 5.41) is 2.81. The van der Waals surface area contributed by atoms with Gasteiger partial charge in [-0.1, -0.05) is 24.3 Å². The van der Waals surface area contributed by atoms with Crippen molar-refractivity contribution in [1.82, 2.24) is 19.9 Å². The number of hydrogen-bond donors (Lipinski definition) is 1. The topological polar surface area (TPSA) is 59.8 Å². The summed E-state index contributed by atoms with van der Waals surface area (Å²) in [5.74, 6) is -0.247. The molecule has 6 heteroatoms. The molecule has 1 atom stereocenters. The molecular weight excluding hydrogens is 295 g/mol. The highest BCUT2D eigenvalue weighted by molar-refractivity contribution is 5.92. The predicted octanol–water partition coefficient (Wildman–Crippen LogP) is 2.47. The quantitative estimate of drug-likeness (QED) is 0.805. The molecule has 3 aromatic rings. The van der Waals surface area contributed by atoms with Crippen molar-refractivity contribution >= 4 is 5.91 Å². The van der Waals surface area contributed by atoms with Gasteiger partial charge in [-0.15, -0.1) is 0 Å². The number of halogens is 1. The van der Waals surface area contributed by atoms with Gasteiger partial charge in [-0.3, -0.25) is 9.78 Å². The molecule has 5 nitrogen and oxygen atoms in total. The second kappa shape index (κ2) is 6.39. The first-order valence-corrected chi connectivity index (χ1v) is 7.10. The fourth-order valence-corrected chi connectivity index (χ4v) is 2.35. The summed E-state index contributed by atoms with van der Waals surface area (Å²) in [6.45, 7) is 0. The second-order valence-electron chi connectivity index (χ2n) is 5.04. The Labute approximate surface area is 132 Å². The zero-order chi connectivity index (χ0) is 16.2. The van der Waals surface area contributed by atoms with Crippen LogP contribution in [0.15, 0.2) is 61.1 Å².